The molecule has 4 heterocycles. The number of rotatable bonds is 2. The molecule has 180 valence electrons. The highest BCUT2D eigenvalue weighted by atomic mass is 19.4. The summed E-state index contributed by atoms with van der Waals surface area (Å²) in [5.41, 5.74) is 6.56. The van der Waals surface area contributed by atoms with Crippen LogP contribution in [0.5, 0.6) is 0 Å². The van der Waals surface area contributed by atoms with Crippen LogP contribution in [0.2, 0.25) is 0 Å². The van der Waals surface area contributed by atoms with Crippen molar-refractivity contribution in [2.24, 2.45) is 5.41 Å². The second-order valence-electron chi connectivity index (χ2n) is 9.42. The van der Waals surface area contributed by atoms with Crippen LogP contribution < -0.4 is 5.73 Å². The zero-order valence-corrected chi connectivity index (χ0v) is 18.4. The zero-order valence-electron chi connectivity index (χ0n) is 18.4. The molecule has 2 aliphatic rings. The lowest BCUT2D eigenvalue weighted by atomic mass is 9.87. The quantitative estimate of drug-likeness (QED) is 0.414. The van der Waals surface area contributed by atoms with E-state index >= 15 is 4.39 Å². The summed E-state index contributed by atoms with van der Waals surface area (Å²) in [5.74, 6) is -1.09. The van der Waals surface area contributed by atoms with Gasteiger partial charge in [0.05, 0.1) is 46.4 Å². The Morgan fingerprint density at radius 1 is 1.11 bits per heavy atom. The number of hydrogen-bond acceptors (Lipinski definition) is 5. The summed E-state index contributed by atoms with van der Waals surface area (Å²) in [4.78, 5) is 27.6. The number of aromatic nitrogens is 4. The Hall–Kier alpha value is -3.76. The second kappa shape index (κ2) is 7.37. The molecule has 7 nitrogen and oxygen atoms in total. The normalized spacial score (nSPS) is 19.5. The molecule has 6 rings (SSSR count). The van der Waals surface area contributed by atoms with Gasteiger partial charge in [0.15, 0.2) is 0 Å². The van der Waals surface area contributed by atoms with E-state index in [1.54, 1.807) is 9.30 Å². The molecule has 1 aliphatic heterocycles. The van der Waals surface area contributed by atoms with Gasteiger partial charge in [0.1, 0.15) is 17.2 Å². The van der Waals surface area contributed by atoms with Gasteiger partial charge in [0, 0.05) is 18.8 Å². The van der Waals surface area contributed by atoms with Crippen LogP contribution in [0.1, 0.15) is 53.3 Å². The SMILES string of the molecule is Nc1nc2cc(F)c(C(=O)N3CC4(CCC3c3ccc(C(F)(F)F)cn3)CC4)cc2n2cncc12. The molecule has 1 saturated carbocycles. The Morgan fingerprint density at radius 3 is 2.60 bits per heavy atom. The van der Waals surface area contributed by atoms with Crippen molar-refractivity contribution in [2.75, 3.05) is 12.3 Å². The van der Waals surface area contributed by atoms with E-state index in [-0.39, 0.29) is 22.3 Å². The third-order valence-electron chi connectivity index (χ3n) is 7.20. The Bertz CT molecular complexity index is 1480. The molecule has 1 amide bonds. The minimum Gasteiger partial charge on any atom is -0.382 e. The van der Waals surface area contributed by atoms with Crippen molar-refractivity contribution in [3.63, 3.8) is 0 Å². The fourth-order valence-corrected chi connectivity index (χ4v) is 5.04. The average Bonchev–Trinajstić information content (AvgIpc) is 3.37. The van der Waals surface area contributed by atoms with E-state index in [1.807, 2.05) is 0 Å². The predicted molar refractivity (Wildman–Crippen MR) is 119 cm³/mol. The Kier molecular flexibility index (Phi) is 4.58. The van der Waals surface area contributed by atoms with Crippen molar-refractivity contribution in [1.29, 1.82) is 0 Å². The molecule has 2 N–H and O–H groups in total. The number of amides is 1. The van der Waals surface area contributed by atoms with E-state index in [0.29, 0.717) is 29.7 Å². The first-order chi connectivity index (χ1) is 16.7. The van der Waals surface area contributed by atoms with Crippen molar-refractivity contribution in [3.05, 3.63) is 65.6 Å². The molecule has 3 aromatic heterocycles. The summed E-state index contributed by atoms with van der Waals surface area (Å²) in [7, 11) is 0. The van der Waals surface area contributed by atoms with Gasteiger partial charge in [0.25, 0.3) is 5.91 Å². The summed E-state index contributed by atoms with van der Waals surface area (Å²) < 4.78 is 55.9. The Morgan fingerprint density at radius 2 is 1.91 bits per heavy atom. The van der Waals surface area contributed by atoms with Gasteiger partial charge >= 0.3 is 6.18 Å². The fraction of sp³-hybridized carbons (Fsp3) is 0.333. The molecule has 35 heavy (non-hydrogen) atoms. The maximum atomic E-state index is 15.2. The van der Waals surface area contributed by atoms with Crippen molar-refractivity contribution in [1.82, 2.24) is 24.3 Å². The van der Waals surface area contributed by atoms with Crippen molar-refractivity contribution >= 4 is 28.3 Å². The van der Waals surface area contributed by atoms with Crippen LogP contribution in [0.25, 0.3) is 16.6 Å². The number of hydrogen-bond donors (Lipinski definition) is 1. The number of carbonyl (C=O) groups excluding carboxylic acids is 1. The number of nitrogen functional groups attached to an aromatic ring is 1. The first kappa shape index (κ1) is 21.8. The number of halogens is 4. The van der Waals surface area contributed by atoms with E-state index in [2.05, 4.69) is 15.0 Å². The number of piperidine rings is 1. The van der Waals surface area contributed by atoms with Gasteiger partial charge < -0.3 is 10.6 Å². The molecule has 1 spiro atoms. The Labute approximate surface area is 196 Å². The lowest BCUT2D eigenvalue weighted by Crippen LogP contribution is -2.43. The van der Waals surface area contributed by atoms with Crippen LogP contribution >= 0.6 is 0 Å². The molecule has 1 unspecified atom stereocenters. The van der Waals surface area contributed by atoms with E-state index in [0.717, 1.165) is 31.5 Å². The number of anilines is 1. The minimum atomic E-state index is -4.50. The van der Waals surface area contributed by atoms with E-state index < -0.39 is 29.5 Å². The lowest BCUT2D eigenvalue weighted by Gasteiger charge is -2.40. The zero-order chi connectivity index (χ0) is 24.5. The van der Waals surface area contributed by atoms with Gasteiger partial charge in [-0.3, -0.25) is 14.2 Å². The van der Waals surface area contributed by atoms with Crippen LogP contribution in [0.4, 0.5) is 23.4 Å². The highest BCUT2D eigenvalue weighted by Gasteiger charge is 2.50. The maximum absolute atomic E-state index is 15.2. The summed E-state index contributed by atoms with van der Waals surface area (Å²) in [6.07, 6.45) is 2.62. The monoisotopic (exact) mass is 484 g/mol. The molecule has 1 atom stereocenters. The fourth-order valence-electron chi connectivity index (χ4n) is 5.04. The molecule has 1 aromatic carbocycles. The molecule has 11 heteroatoms. The number of likely N-dealkylation sites (tertiary alicyclic amines) is 1. The predicted octanol–water partition coefficient (Wildman–Crippen LogP) is 4.78. The summed E-state index contributed by atoms with van der Waals surface area (Å²) in [6.45, 7) is 0.400. The number of imidazole rings is 1. The topological polar surface area (TPSA) is 89.4 Å². The number of nitrogens with two attached hydrogens (primary N) is 1. The van der Waals surface area contributed by atoms with Crippen molar-refractivity contribution < 1.29 is 22.4 Å². The van der Waals surface area contributed by atoms with Gasteiger partial charge in [-0.15, -0.1) is 0 Å². The van der Waals surface area contributed by atoms with E-state index in [1.165, 1.54) is 30.7 Å². The lowest BCUT2D eigenvalue weighted by molar-refractivity contribution is -0.137. The number of nitrogens with zero attached hydrogens (tertiary/aromatic N) is 5. The first-order valence-corrected chi connectivity index (χ1v) is 11.2. The van der Waals surface area contributed by atoms with Crippen LogP contribution in [0, 0.1) is 11.2 Å². The number of fused-ring (bicyclic) bond motifs is 3. The molecular formula is C24H20F4N6O. The van der Waals surface area contributed by atoms with Crippen LogP contribution in [-0.4, -0.2) is 36.7 Å². The standard InChI is InChI=1S/C24H20F4N6O/c25-15-8-17-19(34-12-30-10-20(34)21(29)32-17)7-14(15)22(35)33-11-23(5-6-23)4-3-18(33)16-2-1-13(9-31-16)24(26,27)28/h1-2,7-10,12,18H,3-6,11H2,(H2,29,32). The number of pyridine rings is 1. The second-order valence-corrected chi connectivity index (χ2v) is 9.42. The van der Waals surface area contributed by atoms with Crippen molar-refractivity contribution in [2.45, 2.75) is 37.9 Å². The van der Waals surface area contributed by atoms with Gasteiger partial charge in [-0.25, -0.2) is 14.4 Å². The van der Waals surface area contributed by atoms with Crippen LogP contribution in [-0.2, 0) is 6.18 Å². The van der Waals surface area contributed by atoms with E-state index in [4.69, 9.17) is 5.73 Å². The summed E-state index contributed by atoms with van der Waals surface area (Å²) >= 11 is 0. The highest BCUT2D eigenvalue weighted by Crippen LogP contribution is 2.55. The third kappa shape index (κ3) is 3.57. The molecule has 4 aromatic rings. The molecule has 0 radical (unpaired) electrons. The smallest absolute Gasteiger partial charge is 0.382 e. The van der Waals surface area contributed by atoms with Gasteiger partial charge in [-0.2, -0.15) is 13.2 Å². The number of benzene rings is 1. The highest BCUT2D eigenvalue weighted by molar-refractivity contribution is 5.98. The van der Waals surface area contributed by atoms with Crippen molar-refractivity contribution in [3.8, 4) is 0 Å². The maximum Gasteiger partial charge on any atom is 0.417 e. The molecule has 1 aliphatic carbocycles. The molecule has 1 saturated heterocycles. The Balaban J connectivity index is 1.42. The largest absolute Gasteiger partial charge is 0.417 e. The van der Waals surface area contributed by atoms with Gasteiger partial charge in [-0.1, -0.05) is 0 Å². The number of carbonyl (C=O) groups is 1. The van der Waals surface area contributed by atoms with Crippen LogP contribution in [0.15, 0.2) is 43.0 Å². The van der Waals surface area contributed by atoms with Gasteiger partial charge in [0.2, 0.25) is 0 Å². The van der Waals surface area contributed by atoms with E-state index in [9.17, 15) is 18.0 Å². The third-order valence-corrected chi connectivity index (χ3v) is 7.20. The minimum absolute atomic E-state index is 0.0149. The van der Waals surface area contributed by atoms with Gasteiger partial charge in [-0.05, 0) is 49.3 Å². The molecule has 2 fully saturated rings. The molecular weight excluding hydrogens is 464 g/mol. The average molecular weight is 484 g/mol. The molecule has 0 bridgehead atoms. The number of alkyl halides is 3. The first-order valence-electron chi connectivity index (χ1n) is 11.2. The summed E-state index contributed by atoms with van der Waals surface area (Å²) in [5, 5.41) is 0. The summed E-state index contributed by atoms with van der Waals surface area (Å²) in [6, 6.07) is 4.32. The van der Waals surface area contributed by atoms with Crippen LogP contribution in [0.3, 0.4) is 0 Å².